The Hall–Kier alpha value is -1.62. The van der Waals surface area contributed by atoms with Crippen molar-refractivity contribution < 1.29 is 4.79 Å². The molecular formula is C11H18N4O. The Balaban J connectivity index is 2.79. The van der Waals surface area contributed by atoms with Crippen molar-refractivity contribution in [3.05, 3.63) is 23.9 Å². The molecule has 1 heterocycles. The standard InChI is InChI=1S/C11H18N4O/c1-14(2)11(16)9-4-5-10(13-8-9)15(3)7-6-12/h4-5,8H,6-7,12H2,1-3H3. The SMILES string of the molecule is CN(C)C(=O)c1ccc(N(C)CCN)nc1. The molecule has 88 valence electrons. The van der Waals surface area contributed by atoms with E-state index in [1.807, 2.05) is 18.0 Å². The van der Waals surface area contributed by atoms with Crippen LogP contribution < -0.4 is 10.6 Å². The van der Waals surface area contributed by atoms with Gasteiger partial charge in [-0.3, -0.25) is 4.79 Å². The molecule has 16 heavy (non-hydrogen) atoms. The average molecular weight is 222 g/mol. The van der Waals surface area contributed by atoms with Gasteiger partial charge in [0, 0.05) is 40.4 Å². The summed E-state index contributed by atoms with van der Waals surface area (Å²) in [6, 6.07) is 3.60. The second kappa shape index (κ2) is 5.46. The lowest BCUT2D eigenvalue weighted by atomic mass is 10.2. The Labute approximate surface area is 95.9 Å². The predicted octanol–water partition coefficient (Wildman–Crippen LogP) is 0.178. The fourth-order valence-electron chi connectivity index (χ4n) is 1.30. The Bertz CT molecular complexity index is 348. The minimum absolute atomic E-state index is 0.0412. The zero-order valence-electron chi connectivity index (χ0n) is 9.97. The lowest BCUT2D eigenvalue weighted by molar-refractivity contribution is 0.0827. The lowest BCUT2D eigenvalue weighted by Crippen LogP contribution is -2.26. The molecule has 1 aromatic rings. The fourth-order valence-corrected chi connectivity index (χ4v) is 1.30. The highest BCUT2D eigenvalue weighted by Gasteiger charge is 2.08. The van der Waals surface area contributed by atoms with Gasteiger partial charge in [0.1, 0.15) is 5.82 Å². The third kappa shape index (κ3) is 2.93. The first kappa shape index (κ1) is 12.4. The Morgan fingerprint density at radius 2 is 2.06 bits per heavy atom. The van der Waals surface area contributed by atoms with Crippen LogP contribution in [0.3, 0.4) is 0 Å². The van der Waals surface area contributed by atoms with Gasteiger partial charge in [-0.2, -0.15) is 0 Å². The largest absolute Gasteiger partial charge is 0.358 e. The number of nitrogens with two attached hydrogens (primary N) is 1. The zero-order chi connectivity index (χ0) is 12.1. The second-order valence-electron chi connectivity index (χ2n) is 3.81. The Morgan fingerprint density at radius 1 is 1.38 bits per heavy atom. The first-order chi connectivity index (χ1) is 7.56. The summed E-state index contributed by atoms with van der Waals surface area (Å²) in [4.78, 5) is 19.3. The third-order valence-corrected chi connectivity index (χ3v) is 2.26. The number of carbonyl (C=O) groups excluding carboxylic acids is 1. The molecule has 0 aromatic carbocycles. The summed E-state index contributed by atoms with van der Waals surface area (Å²) in [5.74, 6) is 0.779. The minimum atomic E-state index is -0.0412. The highest BCUT2D eigenvalue weighted by molar-refractivity contribution is 5.93. The van der Waals surface area contributed by atoms with Gasteiger partial charge in [-0.15, -0.1) is 0 Å². The van der Waals surface area contributed by atoms with Gasteiger partial charge in [-0.25, -0.2) is 4.98 Å². The van der Waals surface area contributed by atoms with E-state index in [9.17, 15) is 4.79 Å². The number of pyridine rings is 1. The van der Waals surface area contributed by atoms with Gasteiger partial charge in [-0.1, -0.05) is 0 Å². The smallest absolute Gasteiger partial charge is 0.254 e. The van der Waals surface area contributed by atoms with E-state index in [0.717, 1.165) is 12.4 Å². The third-order valence-electron chi connectivity index (χ3n) is 2.26. The van der Waals surface area contributed by atoms with Gasteiger partial charge in [0.25, 0.3) is 5.91 Å². The van der Waals surface area contributed by atoms with Crippen molar-refractivity contribution in [3.63, 3.8) is 0 Å². The average Bonchev–Trinajstić information content (AvgIpc) is 2.28. The van der Waals surface area contributed by atoms with E-state index >= 15 is 0 Å². The molecule has 0 aliphatic heterocycles. The van der Waals surface area contributed by atoms with Crippen LogP contribution >= 0.6 is 0 Å². The van der Waals surface area contributed by atoms with E-state index in [-0.39, 0.29) is 5.91 Å². The molecule has 0 radical (unpaired) electrons. The van der Waals surface area contributed by atoms with Gasteiger partial charge in [0.15, 0.2) is 0 Å². The maximum Gasteiger partial charge on any atom is 0.254 e. The van der Waals surface area contributed by atoms with Crippen molar-refractivity contribution in [2.75, 3.05) is 39.1 Å². The Kier molecular flexibility index (Phi) is 4.25. The number of carbonyl (C=O) groups is 1. The number of hydrogen-bond acceptors (Lipinski definition) is 4. The number of anilines is 1. The van der Waals surface area contributed by atoms with Crippen molar-refractivity contribution in [2.24, 2.45) is 5.73 Å². The molecule has 2 N–H and O–H groups in total. The van der Waals surface area contributed by atoms with Crippen molar-refractivity contribution in [3.8, 4) is 0 Å². The van der Waals surface area contributed by atoms with E-state index in [1.54, 1.807) is 26.4 Å². The number of likely N-dealkylation sites (N-methyl/N-ethyl adjacent to an activating group) is 1. The van der Waals surface area contributed by atoms with Crippen molar-refractivity contribution in [2.45, 2.75) is 0 Å². The molecule has 1 amide bonds. The number of hydrogen-bond donors (Lipinski definition) is 1. The minimum Gasteiger partial charge on any atom is -0.358 e. The summed E-state index contributed by atoms with van der Waals surface area (Å²) in [7, 11) is 5.36. The molecule has 5 heteroatoms. The van der Waals surface area contributed by atoms with Crippen LogP contribution in [0.1, 0.15) is 10.4 Å². The van der Waals surface area contributed by atoms with Crippen LogP contribution in [-0.2, 0) is 0 Å². The highest BCUT2D eigenvalue weighted by atomic mass is 16.2. The van der Waals surface area contributed by atoms with Gasteiger partial charge in [0.05, 0.1) is 5.56 Å². The summed E-state index contributed by atoms with van der Waals surface area (Å²) < 4.78 is 0. The molecule has 0 aliphatic carbocycles. The molecular weight excluding hydrogens is 204 g/mol. The summed E-state index contributed by atoms with van der Waals surface area (Å²) in [6.45, 7) is 1.32. The fraction of sp³-hybridized carbons (Fsp3) is 0.455. The van der Waals surface area contributed by atoms with Crippen LogP contribution in [0.2, 0.25) is 0 Å². The van der Waals surface area contributed by atoms with Crippen molar-refractivity contribution >= 4 is 11.7 Å². The van der Waals surface area contributed by atoms with Crippen LogP contribution in [0.5, 0.6) is 0 Å². The molecule has 1 rings (SSSR count). The monoisotopic (exact) mass is 222 g/mol. The topological polar surface area (TPSA) is 62.5 Å². The van der Waals surface area contributed by atoms with Crippen LogP contribution in [0.15, 0.2) is 18.3 Å². The molecule has 0 spiro atoms. The van der Waals surface area contributed by atoms with Gasteiger partial charge >= 0.3 is 0 Å². The number of rotatable bonds is 4. The molecule has 1 aromatic heterocycles. The molecule has 0 aliphatic rings. The number of nitrogens with zero attached hydrogens (tertiary/aromatic N) is 3. The van der Waals surface area contributed by atoms with E-state index in [4.69, 9.17) is 5.73 Å². The maximum atomic E-state index is 11.6. The molecule has 0 bridgehead atoms. The lowest BCUT2D eigenvalue weighted by Gasteiger charge is -2.17. The van der Waals surface area contributed by atoms with E-state index in [0.29, 0.717) is 12.1 Å². The summed E-state index contributed by atoms with van der Waals surface area (Å²) in [5, 5.41) is 0. The predicted molar refractivity (Wildman–Crippen MR) is 64.6 cm³/mol. The molecule has 0 atom stereocenters. The van der Waals surface area contributed by atoms with Crippen molar-refractivity contribution in [1.82, 2.24) is 9.88 Å². The van der Waals surface area contributed by atoms with Crippen molar-refractivity contribution in [1.29, 1.82) is 0 Å². The number of amides is 1. The normalized spacial score (nSPS) is 10.0. The first-order valence-corrected chi connectivity index (χ1v) is 5.15. The van der Waals surface area contributed by atoms with Crippen LogP contribution in [0.25, 0.3) is 0 Å². The molecule has 0 saturated carbocycles. The van der Waals surface area contributed by atoms with Gasteiger partial charge in [-0.05, 0) is 12.1 Å². The molecule has 0 saturated heterocycles. The zero-order valence-corrected chi connectivity index (χ0v) is 9.97. The second-order valence-corrected chi connectivity index (χ2v) is 3.81. The van der Waals surface area contributed by atoms with Crippen LogP contribution in [0.4, 0.5) is 5.82 Å². The van der Waals surface area contributed by atoms with Gasteiger partial charge < -0.3 is 15.5 Å². The Morgan fingerprint density at radius 3 is 2.50 bits per heavy atom. The maximum absolute atomic E-state index is 11.6. The van der Waals surface area contributed by atoms with Gasteiger partial charge in [0.2, 0.25) is 0 Å². The van der Waals surface area contributed by atoms with E-state index in [2.05, 4.69) is 4.98 Å². The van der Waals surface area contributed by atoms with Crippen LogP contribution in [0, 0.1) is 0 Å². The summed E-state index contributed by atoms with van der Waals surface area (Å²) in [5.41, 5.74) is 6.05. The first-order valence-electron chi connectivity index (χ1n) is 5.15. The number of aromatic nitrogens is 1. The van der Waals surface area contributed by atoms with Crippen LogP contribution in [-0.4, -0.2) is 50.0 Å². The summed E-state index contributed by atoms with van der Waals surface area (Å²) >= 11 is 0. The quantitative estimate of drug-likeness (QED) is 0.789. The summed E-state index contributed by atoms with van der Waals surface area (Å²) in [6.07, 6.45) is 1.59. The molecule has 5 nitrogen and oxygen atoms in total. The highest BCUT2D eigenvalue weighted by Crippen LogP contribution is 2.09. The van der Waals surface area contributed by atoms with E-state index < -0.39 is 0 Å². The van der Waals surface area contributed by atoms with E-state index in [1.165, 1.54) is 4.90 Å². The molecule has 0 unspecified atom stereocenters. The molecule has 0 fully saturated rings.